The Kier molecular flexibility index (Phi) is 7.12. The van der Waals surface area contributed by atoms with Crippen LogP contribution in [0.3, 0.4) is 0 Å². The highest BCUT2D eigenvalue weighted by Gasteiger charge is 2.63. The molecule has 2 aromatic carbocycles. The smallest absolute Gasteiger partial charge is 0.255 e. The van der Waals surface area contributed by atoms with E-state index in [1.807, 2.05) is 35.2 Å². The third-order valence-corrected chi connectivity index (χ3v) is 12.4. The minimum Gasteiger partial charge on any atom is -0.506 e. The van der Waals surface area contributed by atoms with Crippen LogP contribution in [0.1, 0.15) is 74.6 Å². The molecule has 2 amide bonds. The number of phenolic OH excluding ortho intramolecular Hbond substituents is 1. The molecule has 2 heterocycles. The van der Waals surface area contributed by atoms with Gasteiger partial charge in [0.15, 0.2) is 0 Å². The van der Waals surface area contributed by atoms with Gasteiger partial charge in [0.1, 0.15) is 11.8 Å². The number of benzene rings is 2. The molecule has 9 nitrogen and oxygen atoms in total. The summed E-state index contributed by atoms with van der Waals surface area (Å²) in [6.07, 6.45) is 9.78. The van der Waals surface area contributed by atoms with Crippen molar-refractivity contribution >= 4 is 22.6 Å². The number of hydrogen-bond acceptors (Lipinski definition) is 7. The Morgan fingerprint density at radius 1 is 1.07 bits per heavy atom. The van der Waals surface area contributed by atoms with Crippen LogP contribution in [-0.4, -0.2) is 82.7 Å². The number of nitriles is 1. The molecule has 7 aliphatic rings. The summed E-state index contributed by atoms with van der Waals surface area (Å²) in [5.74, 6) is 1.44. The first-order valence-corrected chi connectivity index (χ1v) is 17.1. The van der Waals surface area contributed by atoms with Crippen LogP contribution in [0.4, 0.5) is 0 Å². The van der Waals surface area contributed by atoms with Gasteiger partial charge in [-0.1, -0.05) is 30.3 Å². The van der Waals surface area contributed by atoms with E-state index in [-0.39, 0.29) is 46.7 Å². The number of nitrogens with two attached hydrogens (primary N) is 1. The molecular formula is C36H45N5O4. The van der Waals surface area contributed by atoms with Crippen LogP contribution < -0.4 is 11.1 Å². The van der Waals surface area contributed by atoms with Gasteiger partial charge < -0.3 is 30.7 Å². The maximum Gasteiger partial charge on any atom is 0.255 e. The van der Waals surface area contributed by atoms with E-state index in [0.29, 0.717) is 35.3 Å². The van der Waals surface area contributed by atoms with E-state index >= 15 is 0 Å². The number of fused-ring (bicyclic) bond motifs is 2. The zero-order valence-corrected chi connectivity index (χ0v) is 26.0. The second-order valence-electron chi connectivity index (χ2n) is 15.3. The summed E-state index contributed by atoms with van der Waals surface area (Å²) in [4.78, 5) is 31.1. The number of nitrogens with zero attached hydrogens (tertiary/aromatic N) is 3. The van der Waals surface area contributed by atoms with Crippen LogP contribution >= 0.6 is 0 Å². The van der Waals surface area contributed by atoms with Gasteiger partial charge in [0.2, 0.25) is 5.91 Å². The molecular weight excluding hydrogens is 566 g/mol. The first-order valence-electron chi connectivity index (χ1n) is 17.1. The average molecular weight is 612 g/mol. The number of carbonyl (C=O) groups is 2. The minimum absolute atomic E-state index is 0.00874. The quantitative estimate of drug-likeness (QED) is 0.412. The summed E-state index contributed by atoms with van der Waals surface area (Å²) in [7, 11) is 0. The predicted octanol–water partition coefficient (Wildman–Crippen LogP) is 3.94. The fourth-order valence-electron chi connectivity index (χ4n) is 10.5. The summed E-state index contributed by atoms with van der Waals surface area (Å²) in [6, 6.07) is 12.9. The zero-order valence-electron chi connectivity index (χ0n) is 26.0. The Labute approximate surface area is 265 Å². The normalized spacial score (nSPS) is 36.1. The molecule has 238 valence electrons. The standard InChI is InChI=1S/C36H45N5O4/c37-20-27-14-25-15-30(25)41(27)34(44)32(38)35-16-22-13-23(17-35)19-36(18-22,21-35)45-12-11-40-9-7-26(8-10-40)39-33(43)29-6-5-24-3-1-2-4-28(24)31(29)42/h1-6,22-23,25-27,30,32,42H,7-19,21,38H2,(H,39,43)/t22-,23?,25+,27-,30-,32+,35?,36?/m0/s1. The molecule has 5 saturated carbocycles. The lowest BCUT2D eigenvalue weighted by Gasteiger charge is -2.63. The van der Waals surface area contributed by atoms with Crippen molar-refractivity contribution in [1.29, 1.82) is 5.26 Å². The molecule has 5 aliphatic carbocycles. The molecule has 7 fully saturated rings. The van der Waals surface area contributed by atoms with Gasteiger partial charge in [-0.05, 0) is 98.8 Å². The highest BCUT2D eigenvalue weighted by atomic mass is 16.5. The van der Waals surface area contributed by atoms with Gasteiger partial charge in [-0.15, -0.1) is 0 Å². The van der Waals surface area contributed by atoms with Crippen molar-refractivity contribution in [3.63, 3.8) is 0 Å². The van der Waals surface area contributed by atoms with Crippen LogP contribution in [0.5, 0.6) is 5.75 Å². The van der Waals surface area contributed by atoms with Gasteiger partial charge in [-0.25, -0.2) is 0 Å². The Morgan fingerprint density at radius 2 is 1.82 bits per heavy atom. The molecule has 45 heavy (non-hydrogen) atoms. The first-order chi connectivity index (χ1) is 21.8. The van der Waals surface area contributed by atoms with Gasteiger partial charge in [-0.2, -0.15) is 5.26 Å². The van der Waals surface area contributed by atoms with Crippen molar-refractivity contribution in [1.82, 2.24) is 15.1 Å². The van der Waals surface area contributed by atoms with Crippen LogP contribution in [0.25, 0.3) is 10.8 Å². The minimum atomic E-state index is -0.549. The fraction of sp³-hybridized carbons (Fsp3) is 0.639. The topological polar surface area (TPSA) is 132 Å². The Bertz CT molecular complexity index is 1530. The summed E-state index contributed by atoms with van der Waals surface area (Å²) in [6.45, 7) is 3.28. The average Bonchev–Trinajstić information content (AvgIpc) is 3.69. The van der Waals surface area contributed by atoms with E-state index < -0.39 is 6.04 Å². The molecule has 9 heteroatoms. The van der Waals surface area contributed by atoms with E-state index in [4.69, 9.17) is 10.5 Å². The summed E-state index contributed by atoms with van der Waals surface area (Å²) in [5.41, 5.74) is 6.81. The number of piperidine rings is 2. The number of likely N-dealkylation sites (tertiary alicyclic amines) is 2. The van der Waals surface area contributed by atoms with Gasteiger partial charge in [0.25, 0.3) is 5.91 Å². The van der Waals surface area contributed by atoms with Gasteiger partial charge >= 0.3 is 0 Å². The molecule has 3 unspecified atom stereocenters. The van der Waals surface area contributed by atoms with Crippen LogP contribution in [0.15, 0.2) is 36.4 Å². The third kappa shape index (κ3) is 5.10. The number of amides is 2. The molecule has 2 aromatic rings. The van der Waals surface area contributed by atoms with Gasteiger partial charge in [0, 0.05) is 37.1 Å². The van der Waals surface area contributed by atoms with Crippen molar-refractivity contribution < 1.29 is 19.4 Å². The second-order valence-corrected chi connectivity index (χ2v) is 15.3. The first kappa shape index (κ1) is 29.2. The molecule has 4 N–H and O–H groups in total. The summed E-state index contributed by atoms with van der Waals surface area (Å²) in [5, 5.41) is 25.1. The highest BCUT2D eigenvalue weighted by molar-refractivity contribution is 6.03. The van der Waals surface area contributed by atoms with Crippen molar-refractivity contribution in [2.24, 2.45) is 28.9 Å². The number of nitrogens with one attached hydrogen (secondary N) is 1. The number of rotatable bonds is 8. The largest absolute Gasteiger partial charge is 0.506 e. The molecule has 8 atom stereocenters. The van der Waals surface area contributed by atoms with Crippen LogP contribution in [0.2, 0.25) is 0 Å². The van der Waals surface area contributed by atoms with Crippen molar-refractivity contribution in [3.8, 4) is 11.8 Å². The Hall–Kier alpha value is -3.19. The number of phenols is 1. The third-order valence-electron chi connectivity index (χ3n) is 12.4. The van der Waals surface area contributed by atoms with Crippen molar-refractivity contribution in [2.75, 3.05) is 26.2 Å². The van der Waals surface area contributed by atoms with E-state index in [1.165, 1.54) is 6.42 Å². The lowest BCUT2D eigenvalue weighted by Crippen LogP contribution is -2.65. The number of hydrogen-bond donors (Lipinski definition) is 3. The predicted molar refractivity (Wildman–Crippen MR) is 169 cm³/mol. The second kappa shape index (κ2) is 11.0. The van der Waals surface area contributed by atoms with Crippen molar-refractivity contribution in [2.45, 2.75) is 94.0 Å². The molecule has 0 spiro atoms. The number of ether oxygens (including phenoxy) is 1. The number of aromatic hydroxyl groups is 1. The Morgan fingerprint density at radius 3 is 2.58 bits per heavy atom. The van der Waals surface area contributed by atoms with Crippen LogP contribution in [-0.2, 0) is 9.53 Å². The number of carbonyl (C=O) groups excluding carboxylic acids is 2. The van der Waals surface area contributed by atoms with E-state index in [0.717, 1.165) is 82.8 Å². The lowest BCUT2D eigenvalue weighted by molar-refractivity contribution is -0.201. The lowest BCUT2D eigenvalue weighted by atomic mass is 9.46. The zero-order chi connectivity index (χ0) is 30.9. The molecule has 0 radical (unpaired) electrons. The Balaban J connectivity index is 0.847. The molecule has 2 aliphatic heterocycles. The van der Waals surface area contributed by atoms with E-state index in [2.05, 4.69) is 16.3 Å². The van der Waals surface area contributed by atoms with Gasteiger partial charge in [-0.3, -0.25) is 9.59 Å². The van der Waals surface area contributed by atoms with E-state index in [1.54, 1.807) is 6.07 Å². The fourth-order valence-corrected chi connectivity index (χ4v) is 10.5. The summed E-state index contributed by atoms with van der Waals surface area (Å²) >= 11 is 0. The monoisotopic (exact) mass is 611 g/mol. The molecule has 9 rings (SSSR count). The van der Waals surface area contributed by atoms with E-state index in [9.17, 15) is 20.0 Å². The van der Waals surface area contributed by atoms with Gasteiger partial charge in [0.05, 0.1) is 29.9 Å². The summed E-state index contributed by atoms with van der Waals surface area (Å²) < 4.78 is 6.82. The maximum atomic E-state index is 13.8. The molecule has 2 saturated heterocycles. The van der Waals surface area contributed by atoms with Crippen LogP contribution in [0, 0.1) is 34.5 Å². The highest BCUT2D eigenvalue weighted by Crippen LogP contribution is 2.64. The molecule has 4 bridgehead atoms. The molecule has 0 aromatic heterocycles. The SMILES string of the molecule is N#C[C@@H]1C[C@@H]2C[C@@H]2N1C(=O)[C@@H](N)C12CC3C[C@H](CC(OCCN4CCC(NC(=O)c5ccc6ccccc6c5O)CC4)(C3)C1)C2. The van der Waals surface area contributed by atoms with Crippen molar-refractivity contribution in [3.05, 3.63) is 42.0 Å². The maximum absolute atomic E-state index is 13.8.